The maximum atomic E-state index is 3.66. The van der Waals surface area contributed by atoms with E-state index in [1.54, 1.807) is 0 Å². The summed E-state index contributed by atoms with van der Waals surface area (Å²) in [5, 5.41) is 1.22. The van der Waals surface area contributed by atoms with Gasteiger partial charge in [-0.25, -0.2) is 0 Å². The van der Waals surface area contributed by atoms with E-state index in [9.17, 15) is 0 Å². The van der Waals surface area contributed by atoms with Crippen LogP contribution in [0.15, 0.2) is 24.3 Å². The van der Waals surface area contributed by atoms with E-state index in [2.05, 4.69) is 60.2 Å². The van der Waals surface area contributed by atoms with Crippen molar-refractivity contribution in [1.82, 2.24) is 4.90 Å². The summed E-state index contributed by atoms with van der Waals surface area (Å²) in [7, 11) is 3.66. The van der Waals surface area contributed by atoms with Crippen LogP contribution >= 0.6 is 0 Å². The number of hydrogen-bond donors (Lipinski definition) is 0. The Bertz CT molecular complexity index is 294. The molecule has 0 heterocycles. The van der Waals surface area contributed by atoms with Crippen molar-refractivity contribution in [2.75, 3.05) is 19.6 Å². The van der Waals surface area contributed by atoms with Crippen molar-refractivity contribution in [3.05, 3.63) is 29.8 Å². The lowest BCUT2D eigenvalue weighted by molar-refractivity contribution is 0.289. The third-order valence-corrected chi connectivity index (χ3v) is 3.37. The molecular weight excluding hydrogens is 198 g/mol. The molecule has 1 unspecified atom stereocenters. The van der Waals surface area contributed by atoms with Crippen molar-refractivity contribution in [3.8, 4) is 0 Å². The molecule has 1 atom stereocenters. The maximum Gasteiger partial charge on any atom is 0.0715 e. The summed E-state index contributed by atoms with van der Waals surface area (Å²) in [6, 6.07) is 8.50. The quantitative estimate of drug-likeness (QED) is 0.683. The third-order valence-electron chi connectivity index (χ3n) is 2.92. The number of hydrogen-bond acceptors (Lipinski definition) is 1. The van der Waals surface area contributed by atoms with Gasteiger partial charge in [0.2, 0.25) is 0 Å². The van der Waals surface area contributed by atoms with Crippen molar-refractivity contribution >= 4 is 15.4 Å². The van der Waals surface area contributed by atoms with Gasteiger partial charge in [0.15, 0.2) is 0 Å². The molecule has 0 saturated carbocycles. The Labute approximate surface area is 96.9 Å². The van der Waals surface area contributed by atoms with Crippen molar-refractivity contribution < 1.29 is 0 Å². The molecule has 1 rings (SSSR count). The van der Waals surface area contributed by atoms with Gasteiger partial charge >= 0.3 is 0 Å². The van der Waals surface area contributed by atoms with Gasteiger partial charge in [-0.15, -0.1) is 0 Å². The molecule has 0 N–H and O–H groups in total. The van der Waals surface area contributed by atoms with Crippen molar-refractivity contribution in [2.45, 2.75) is 26.7 Å². The van der Waals surface area contributed by atoms with Gasteiger partial charge in [-0.3, -0.25) is 0 Å². The van der Waals surface area contributed by atoms with Crippen LogP contribution in [-0.4, -0.2) is 34.8 Å². The van der Waals surface area contributed by atoms with E-state index in [1.165, 1.54) is 10.8 Å². The van der Waals surface area contributed by atoms with Crippen molar-refractivity contribution in [2.24, 2.45) is 0 Å². The van der Waals surface area contributed by atoms with Gasteiger partial charge in [0.05, 0.1) is 10.2 Å². The Morgan fingerprint density at radius 2 is 1.80 bits per heavy atom. The normalized spacial score (nSPS) is 13.1. The van der Waals surface area contributed by atoms with Gasteiger partial charge in [-0.2, -0.15) is 0 Å². The van der Waals surface area contributed by atoms with Gasteiger partial charge in [0.25, 0.3) is 0 Å². The number of likely N-dealkylation sites (N-methyl/N-ethyl adjacent to an activating group) is 1. The molecule has 3 radical (unpaired) electrons. The molecule has 0 fully saturated rings. The first-order valence-corrected chi connectivity index (χ1v) is 6.21. The van der Waals surface area contributed by atoms with Gasteiger partial charge in [0, 0.05) is 6.54 Å². The molecule has 0 bridgehead atoms. The zero-order valence-electron chi connectivity index (χ0n) is 9.96. The first kappa shape index (κ1) is 12.5. The summed E-state index contributed by atoms with van der Waals surface area (Å²) >= 11 is 0. The summed E-state index contributed by atoms with van der Waals surface area (Å²) < 4.78 is 0. The van der Waals surface area contributed by atoms with Crippen LogP contribution in [0.5, 0.6) is 0 Å². The molecule has 0 aliphatic heterocycles. The Morgan fingerprint density at radius 3 is 2.33 bits per heavy atom. The van der Waals surface area contributed by atoms with Crippen LogP contribution in [0.1, 0.15) is 32.3 Å². The monoisotopic (exact) mass is 218 g/mol. The summed E-state index contributed by atoms with van der Waals surface area (Å²) in [5.74, 6) is 0.582. The van der Waals surface area contributed by atoms with Crippen LogP contribution in [0, 0.1) is 0 Å². The van der Waals surface area contributed by atoms with E-state index in [4.69, 9.17) is 0 Å². The molecule has 1 aromatic rings. The second kappa shape index (κ2) is 6.08. The average Bonchev–Trinajstić information content (AvgIpc) is 2.26. The lowest BCUT2D eigenvalue weighted by atomic mass is 10.0. The largest absolute Gasteiger partial charge is 0.303 e. The fourth-order valence-electron chi connectivity index (χ4n) is 1.89. The highest BCUT2D eigenvalue weighted by atomic mass is 28.1. The Balaban J connectivity index is 2.68. The van der Waals surface area contributed by atoms with Crippen LogP contribution in [0.2, 0.25) is 0 Å². The van der Waals surface area contributed by atoms with Crippen LogP contribution in [-0.2, 0) is 0 Å². The second-order valence-electron chi connectivity index (χ2n) is 3.97. The Kier molecular flexibility index (Phi) is 5.06. The average molecular weight is 218 g/mol. The molecule has 0 aliphatic carbocycles. The summed E-state index contributed by atoms with van der Waals surface area (Å²) in [6.45, 7) is 10.1. The lowest BCUT2D eigenvalue weighted by Gasteiger charge is -2.23. The molecule has 0 spiro atoms. The van der Waals surface area contributed by atoms with Crippen LogP contribution in [0.25, 0.3) is 0 Å². The molecule has 2 heteroatoms. The second-order valence-corrected chi connectivity index (χ2v) is 4.51. The maximum absolute atomic E-state index is 3.66. The highest BCUT2D eigenvalue weighted by molar-refractivity contribution is 6.33. The highest BCUT2D eigenvalue weighted by Crippen LogP contribution is 2.13. The van der Waals surface area contributed by atoms with E-state index in [0.717, 1.165) is 19.6 Å². The predicted octanol–water partition coefficient (Wildman–Crippen LogP) is 1.93. The topological polar surface area (TPSA) is 3.24 Å². The van der Waals surface area contributed by atoms with Crippen molar-refractivity contribution in [3.63, 3.8) is 0 Å². The summed E-state index contributed by atoms with van der Waals surface area (Å²) in [4.78, 5) is 2.46. The summed E-state index contributed by atoms with van der Waals surface area (Å²) in [6.07, 6.45) is 0. The zero-order chi connectivity index (χ0) is 11.3. The first-order chi connectivity index (χ1) is 7.19. The van der Waals surface area contributed by atoms with E-state index < -0.39 is 0 Å². The number of nitrogens with zero attached hydrogens (tertiary/aromatic N) is 1. The molecule has 0 saturated heterocycles. The Morgan fingerprint density at radius 1 is 1.20 bits per heavy atom. The number of benzene rings is 1. The smallest absolute Gasteiger partial charge is 0.0715 e. The van der Waals surface area contributed by atoms with Crippen molar-refractivity contribution in [1.29, 1.82) is 0 Å². The molecule has 81 valence electrons. The minimum absolute atomic E-state index is 0.582. The first-order valence-electron chi connectivity index (χ1n) is 5.71. The number of rotatable bonds is 5. The van der Waals surface area contributed by atoms with E-state index >= 15 is 0 Å². The molecule has 0 amide bonds. The molecular formula is C13H20NSi. The van der Waals surface area contributed by atoms with Gasteiger partial charge < -0.3 is 4.90 Å². The minimum atomic E-state index is 0.582. The standard InChI is InChI=1S/C13H20NSi/c1-4-14(5-2)10-11(3)12-8-6-7-9-13(12)15/h6-9,11H,4-5,10H2,1-3H3. The zero-order valence-corrected chi connectivity index (χ0v) is 11.0. The van der Waals surface area contributed by atoms with Gasteiger partial charge in [-0.05, 0) is 24.6 Å². The summed E-state index contributed by atoms with van der Waals surface area (Å²) in [5.41, 5.74) is 1.40. The highest BCUT2D eigenvalue weighted by Gasteiger charge is 2.10. The minimum Gasteiger partial charge on any atom is -0.303 e. The lowest BCUT2D eigenvalue weighted by Crippen LogP contribution is -2.29. The Hall–Kier alpha value is -0.603. The predicted molar refractivity (Wildman–Crippen MR) is 68.0 cm³/mol. The van der Waals surface area contributed by atoms with E-state index in [-0.39, 0.29) is 0 Å². The van der Waals surface area contributed by atoms with E-state index in [1.807, 2.05) is 0 Å². The van der Waals surface area contributed by atoms with Crippen LogP contribution in [0.3, 0.4) is 0 Å². The van der Waals surface area contributed by atoms with Crippen LogP contribution < -0.4 is 5.19 Å². The van der Waals surface area contributed by atoms with E-state index in [0.29, 0.717) is 5.92 Å². The molecule has 15 heavy (non-hydrogen) atoms. The third kappa shape index (κ3) is 3.47. The molecule has 1 aromatic carbocycles. The van der Waals surface area contributed by atoms with Crippen LogP contribution in [0.4, 0.5) is 0 Å². The fourth-order valence-corrected chi connectivity index (χ4v) is 2.32. The van der Waals surface area contributed by atoms with Gasteiger partial charge in [0.1, 0.15) is 0 Å². The SMILES string of the molecule is CCN(CC)CC(C)c1ccccc1[Si]. The molecule has 0 aliphatic rings. The molecule has 1 nitrogen and oxygen atoms in total. The fraction of sp³-hybridized carbons (Fsp3) is 0.538. The molecule has 0 aromatic heterocycles. The van der Waals surface area contributed by atoms with Gasteiger partial charge in [-0.1, -0.05) is 50.2 Å².